The molecule has 1 aromatic rings. The van der Waals surface area contributed by atoms with Gasteiger partial charge < -0.3 is 10.6 Å². The molecule has 4 saturated carbocycles. The first-order valence-electron chi connectivity index (χ1n) is 10.2. The van der Waals surface area contributed by atoms with Crippen LogP contribution in [0.3, 0.4) is 0 Å². The van der Waals surface area contributed by atoms with E-state index in [0.29, 0.717) is 11.3 Å². The van der Waals surface area contributed by atoms with Crippen LogP contribution >= 0.6 is 0 Å². The highest BCUT2D eigenvalue weighted by molar-refractivity contribution is 5.79. The Morgan fingerprint density at radius 3 is 2.36 bits per heavy atom. The van der Waals surface area contributed by atoms with Crippen molar-refractivity contribution < 1.29 is 4.79 Å². The van der Waals surface area contributed by atoms with Crippen LogP contribution < -0.4 is 10.6 Å². The predicted molar refractivity (Wildman–Crippen MR) is 99.3 cm³/mol. The maximum atomic E-state index is 13.0. The number of carbonyl (C=O) groups is 1. The Labute approximate surface area is 151 Å². The summed E-state index contributed by atoms with van der Waals surface area (Å²) >= 11 is 0. The van der Waals surface area contributed by atoms with Gasteiger partial charge in [0, 0.05) is 11.5 Å². The molecule has 25 heavy (non-hydrogen) atoms. The molecule has 1 saturated heterocycles. The lowest BCUT2D eigenvalue weighted by atomic mass is 9.45. The Morgan fingerprint density at radius 2 is 1.68 bits per heavy atom. The lowest BCUT2D eigenvalue weighted by Crippen LogP contribution is -2.65. The van der Waals surface area contributed by atoms with Gasteiger partial charge in [0.25, 0.3) is 0 Å². The van der Waals surface area contributed by atoms with Gasteiger partial charge in [0.05, 0.1) is 0 Å². The zero-order valence-electron chi connectivity index (χ0n) is 15.1. The maximum absolute atomic E-state index is 13.0. The fourth-order valence-electron chi connectivity index (χ4n) is 6.99. The number of hydrogen-bond acceptors (Lipinski definition) is 2. The van der Waals surface area contributed by atoms with Gasteiger partial charge in [0.1, 0.15) is 0 Å². The summed E-state index contributed by atoms with van der Waals surface area (Å²) in [6.07, 6.45) is 9.64. The van der Waals surface area contributed by atoms with Gasteiger partial charge in [-0.25, -0.2) is 0 Å². The largest absolute Gasteiger partial charge is 0.350 e. The fourth-order valence-corrected chi connectivity index (χ4v) is 6.99. The molecule has 1 amide bonds. The minimum atomic E-state index is 0.0713. The van der Waals surface area contributed by atoms with Gasteiger partial charge in [-0.15, -0.1) is 0 Å². The van der Waals surface area contributed by atoms with Crippen molar-refractivity contribution in [3.63, 3.8) is 0 Å². The lowest BCUT2D eigenvalue weighted by molar-refractivity contribution is -0.132. The highest BCUT2D eigenvalue weighted by Crippen LogP contribution is 2.62. The normalized spacial score (nSPS) is 40.2. The number of nitrogens with one attached hydrogen (secondary N) is 2. The number of carbonyl (C=O) groups excluding carboxylic acids is 1. The molecule has 5 fully saturated rings. The van der Waals surface area contributed by atoms with Crippen LogP contribution in [0, 0.1) is 17.8 Å². The van der Waals surface area contributed by atoms with Gasteiger partial charge in [-0.3, -0.25) is 4.79 Å². The van der Waals surface area contributed by atoms with Crippen LogP contribution in [0.2, 0.25) is 0 Å². The number of hydrogen-bond donors (Lipinski definition) is 2. The summed E-state index contributed by atoms with van der Waals surface area (Å²) in [6, 6.07) is 11.2. The Morgan fingerprint density at radius 1 is 1.00 bits per heavy atom. The van der Waals surface area contributed by atoms with E-state index in [1.807, 2.05) is 0 Å². The molecular formula is C22H30N2O. The average Bonchev–Trinajstić information content (AvgIpc) is 2.62. The topological polar surface area (TPSA) is 41.1 Å². The molecule has 1 heterocycles. The predicted octanol–water partition coefficient (Wildman–Crippen LogP) is 3.39. The molecule has 2 atom stereocenters. The average molecular weight is 338 g/mol. The van der Waals surface area contributed by atoms with Crippen LogP contribution in [0.5, 0.6) is 0 Å². The van der Waals surface area contributed by atoms with Crippen molar-refractivity contribution in [2.24, 2.45) is 17.8 Å². The standard InChI is InChI=1S/C22H30N2O/c25-20(18-6-8-23-9-7-18)24-22-13-16-10-17(14-22)12-21(11-16,15-22)19-4-2-1-3-5-19/h1-5,16-18,23H,6-15H2,(H,24,25). The molecule has 1 aromatic carbocycles. The van der Waals surface area contributed by atoms with Crippen molar-refractivity contribution in [1.82, 2.24) is 10.6 Å². The third kappa shape index (κ3) is 2.71. The van der Waals surface area contributed by atoms with E-state index in [0.717, 1.165) is 44.2 Å². The zero-order chi connectivity index (χ0) is 16.9. The van der Waals surface area contributed by atoms with Crippen LogP contribution in [0.15, 0.2) is 30.3 Å². The minimum Gasteiger partial charge on any atom is -0.350 e. The molecule has 2 N–H and O–H groups in total. The van der Waals surface area contributed by atoms with E-state index in [4.69, 9.17) is 0 Å². The van der Waals surface area contributed by atoms with Crippen LogP contribution in [0.4, 0.5) is 0 Å². The van der Waals surface area contributed by atoms with E-state index < -0.39 is 0 Å². The molecule has 3 heteroatoms. The van der Waals surface area contributed by atoms with E-state index in [2.05, 4.69) is 41.0 Å². The quantitative estimate of drug-likeness (QED) is 0.887. The van der Waals surface area contributed by atoms with Crippen molar-refractivity contribution in [3.05, 3.63) is 35.9 Å². The summed E-state index contributed by atoms with van der Waals surface area (Å²) in [5, 5.41) is 7.00. The smallest absolute Gasteiger partial charge is 0.223 e. The number of piperidine rings is 1. The number of benzene rings is 1. The van der Waals surface area contributed by atoms with Crippen LogP contribution in [0.1, 0.15) is 56.9 Å². The molecule has 134 valence electrons. The van der Waals surface area contributed by atoms with Crippen molar-refractivity contribution in [1.29, 1.82) is 0 Å². The summed E-state index contributed by atoms with van der Waals surface area (Å²) in [4.78, 5) is 13.0. The molecule has 0 aromatic heterocycles. The molecular weight excluding hydrogens is 308 g/mol. The second-order valence-corrected chi connectivity index (χ2v) is 9.40. The summed E-state index contributed by atoms with van der Waals surface area (Å²) in [6.45, 7) is 1.98. The number of amides is 1. The first-order valence-corrected chi connectivity index (χ1v) is 10.2. The highest BCUT2D eigenvalue weighted by atomic mass is 16.2. The molecule has 2 unspecified atom stereocenters. The van der Waals surface area contributed by atoms with Crippen LogP contribution in [-0.2, 0) is 10.2 Å². The fraction of sp³-hybridized carbons (Fsp3) is 0.682. The summed E-state index contributed by atoms with van der Waals surface area (Å²) in [5.74, 6) is 2.16. The Kier molecular flexibility index (Phi) is 3.70. The lowest BCUT2D eigenvalue weighted by Gasteiger charge is -2.62. The van der Waals surface area contributed by atoms with E-state index in [1.165, 1.54) is 37.7 Å². The molecule has 0 radical (unpaired) electrons. The Balaban J connectivity index is 1.41. The SMILES string of the molecule is O=C(NC12CC3CC(C1)CC(c1ccccc1)(C3)C2)C1CCNCC1. The second kappa shape index (κ2) is 5.84. The van der Waals surface area contributed by atoms with E-state index >= 15 is 0 Å². The number of rotatable bonds is 3. The van der Waals surface area contributed by atoms with Crippen LogP contribution in [-0.4, -0.2) is 24.5 Å². The first kappa shape index (κ1) is 15.9. The summed E-state index contributed by atoms with van der Waals surface area (Å²) < 4.78 is 0. The van der Waals surface area contributed by atoms with Gasteiger partial charge >= 0.3 is 0 Å². The Bertz CT molecular complexity index is 635. The molecule has 5 aliphatic rings. The Hall–Kier alpha value is -1.35. The molecule has 4 aliphatic carbocycles. The highest BCUT2D eigenvalue weighted by Gasteiger charge is 2.58. The summed E-state index contributed by atoms with van der Waals surface area (Å²) in [7, 11) is 0. The molecule has 0 spiro atoms. The molecule has 6 rings (SSSR count). The maximum Gasteiger partial charge on any atom is 0.223 e. The van der Waals surface area contributed by atoms with Gasteiger partial charge in [0.15, 0.2) is 0 Å². The van der Waals surface area contributed by atoms with E-state index in [1.54, 1.807) is 0 Å². The summed E-state index contributed by atoms with van der Waals surface area (Å²) in [5.41, 5.74) is 1.90. The van der Waals surface area contributed by atoms with Gasteiger partial charge in [-0.1, -0.05) is 30.3 Å². The zero-order valence-corrected chi connectivity index (χ0v) is 15.1. The molecule has 3 nitrogen and oxygen atoms in total. The van der Waals surface area contributed by atoms with Crippen LogP contribution in [0.25, 0.3) is 0 Å². The van der Waals surface area contributed by atoms with Crippen molar-refractivity contribution in [2.45, 2.75) is 62.3 Å². The third-order valence-corrected chi connectivity index (χ3v) is 7.55. The van der Waals surface area contributed by atoms with E-state index in [-0.39, 0.29) is 11.5 Å². The van der Waals surface area contributed by atoms with Gasteiger partial charge in [0.2, 0.25) is 5.91 Å². The van der Waals surface area contributed by atoms with Gasteiger partial charge in [-0.05, 0) is 87.3 Å². The molecule has 4 bridgehead atoms. The minimum absolute atomic E-state index is 0.0713. The third-order valence-electron chi connectivity index (χ3n) is 7.55. The van der Waals surface area contributed by atoms with Gasteiger partial charge in [-0.2, -0.15) is 0 Å². The van der Waals surface area contributed by atoms with E-state index in [9.17, 15) is 4.79 Å². The van der Waals surface area contributed by atoms with Crippen molar-refractivity contribution in [3.8, 4) is 0 Å². The van der Waals surface area contributed by atoms with Crippen molar-refractivity contribution in [2.75, 3.05) is 13.1 Å². The first-order chi connectivity index (χ1) is 12.2. The monoisotopic (exact) mass is 338 g/mol. The molecule has 1 aliphatic heterocycles. The second-order valence-electron chi connectivity index (χ2n) is 9.40. The van der Waals surface area contributed by atoms with Crippen molar-refractivity contribution >= 4 is 5.91 Å².